The first-order chi connectivity index (χ1) is 17.3. The maximum atomic E-state index is 4.57. The number of anilines is 2. The van der Waals surface area contributed by atoms with E-state index in [1.54, 1.807) is 0 Å². The van der Waals surface area contributed by atoms with Gasteiger partial charge in [-0.1, -0.05) is 49.9 Å². The van der Waals surface area contributed by atoms with Gasteiger partial charge in [0.15, 0.2) is 0 Å². The van der Waals surface area contributed by atoms with E-state index in [-0.39, 0.29) is 0 Å². The minimum atomic E-state index is 0.503. The Morgan fingerprint density at radius 2 is 1.63 bits per heavy atom. The van der Waals surface area contributed by atoms with E-state index >= 15 is 0 Å². The fourth-order valence-electron chi connectivity index (χ4n) is 4.92. The van der Waals surface area contributed by atoms with Gasteiger partial charge in [-0.15, -0.1) is 0 Å². The predicted octanol–water partition coefficient (Wildman–Crippen LogP) is 7.44. The Kier molecular flexibility index (Phi) is 7.45. The molecule has 1 unspecified atom stereocenters. The SMILES string of the molecule is CCC(CCN1c2ccccc2Sc2cc(-c3ccncc3)ccc21)N(CC)Cc1ccccn1. The van der Waals surface area contributed by atoms with E-state index in [2.05, 4.69) is 100 Å². The molecular weight excluding hydrogens is 448 g/mol. The zero-order valence-corrected chi connectivity index (χ0v) is 21.3. The number of pyridine rings is 2. The average molecular weight is 481 g/mol. The molecule has 0 saturated heterocycles. The quantitative estimate of drug-likeness (QED) is 0.249. The maximum absolute atomic E-state index is 4.57. The summed E-state index contributed by atoms with van der Waals surface area (Å²) in [6, 6.07) is 26.5. The Morgan fingerprint density at radius 1 is 0.829 bits per heavy atom. The van der Waals surface area contributed by atoms with Gasteiger partial charge in [0.25, 0.3) is 0 Å². The highest BCUT2D eigenvalue weighted by Crippen LogP contribution is 2.49. The summed E-state index contributed by atoms with van der Waals surface area (Å²) in [6.45, 7) is 7.47. The molecule has 0 radical (unpaired) electrons. The van der Waals surface area contributed by atoms with Crippen molar-refractivity contribution >= 4 is 23.1 Å². The monoisotopic (exact) mass is 480 g/mol. The normalized spacial score (nSPS) is 13.4. The standard InChI is InChI=1S/C30H32N4S/c1-3-26(33(4-2)22-25-9-7-8-17-32-25)16-20-34-27-10-5-6-11-29(27)35-30-21-24(12-13-28(30)34)23-14-18-31-19-15-23/h5-15,17-19,21,26H,3-4,16,20,22H2,1-2H3. The zero-order valence-electron chi connectivity index (χ0n) is 20.5. The van der Waals surface area contributed by atoms with Crippen molar-refractivity contribution in [2.45, 2.75) is 49.1 Å². The second-order valence-electron chi connectivity index (χ2n) is 8.87. The van der Waals surface area contributed by atoms with Crippen LogP contribution in [0.2, 0.25) is 0 Å². The molecule has 178 valence electrons. The van der Waals surface area contributed by atoms with Crippen LogP contribution in [0.4, 0.5) is 11.4 Å². The molecular formula is C30H32N4S. The van der Waals surface area contributed by atoms with E-state index in [4.69, 9.17) is 0 Å². The molecule has 5 heteroatoms. The second-order valence-corrected chi connectivity index (χ2v) is 9.96. The van der Waals surface area contributed by atoms with Gasteiger partial charge in [-0.25, -0.2) is 0 Å². The Hall–Kier alpha value is -3.15. The summed E-state index contributed by atoms with van der Waals surface area (Å²) >= 11 is 1.87. The summed E-state index contributed by atoms with van der Waals surface area (Å²) in [7, 11) is 0. The van der Waals surface area contributed by atoms with Crippen LogP contribution in [0.5, 0.6) is 0 Å². The first-order valence-electron chi connectivity index (χ1n) is 12.5. The summed E-state index contributed by atoms with van der Waals surface area (Å²) < 4.78 is 0. The van der Waals surface area contributed by atoms with Crippen molar-refractivity contribution < 1.29 is 0 Å². The van der Waals surface area contributed by atoms with Crippen molar-refractivity contribution in [2.75, 3.05) is 18.0 Å². The van der Waals surface area contributed by atoms with Crippen LogP contribution in [0.25, 0.3) is 11.1 Å². The van der Waals surface area contributed by atoms with Crippen molar-refractivity contribution in [3.8, 4) is 11.1 Å². The maximum Gasteiger partial charge on any atom is 0.0553 e. The van der Waals surface area contributed by atoms with Gasteiger partial charge < -0.3 is 4.90 Å². The van der Waals surface area contributed by atoms with Crippen LogP contribution < -0.4 is 4.90 Å². The van der Waals surface area contributed by atoms with Gasteiger partial charge in [-0.3, -0.25) is 14.9 Å². The van der Waals surface area contributed by atoms with Gasteiger partial charge >= 0.3 is 0 Å². The first kappa shape index (κ1) is 23.6. The fraction of sp³-hybridized carbons (Fsp3) is 0.267. The van der Waals surface area contributed by atoms with Crippen molar-refractivity contribution in [1.29, 1.82) is 0 Å². The van der Waals surface area contributed by atoms with Gasteiger partial charge in [-0.2, -0.15) is 0 Å². The molecule has 2 aromatic carbocycles. The third-order valence-corrected chi connectivity index (χ3v) is 7.92. The smallest absolute Gasteiger partial charge is 0.0553 e. The highest BCUT2D eigenvalue weighted by Gasteiger charge is 2.25. The number of hydrogen-bond donors (Lipinski definition) is 0. The highest BCUT2D eigenvalue weighted by molar-refractivity contribution is 7.99. The van der Waals surface area contributed by atoms with Crippen molar-refractivity contribution in [3.05, 3.63) is 97.1 Å². The molecule has 0 spiro atoms. The average Bonchev–Trinajstić information content (AvgIpc) is 2.92. The molecule has 2 aromatic heterocycles. The lowest BCUT2D eigenvalue weighted by Gasteiger charge is -2.36. The molecule has 1 aliphatic rings. The van der Waals surface area contributed by atoms with E-state index in [1.165, 1.54) is 32.3 Å². The summed E-state index contributed by atoms with van der Waals surface area (Å²) in [5.74, 6) is 0. The molecule has 4 aromatic rings. The molecule has 1 aliphatic heterocycles. The predicted molar refractivity (Wildman–Crippen MR) is 146 cm³/mol. The van der Waals surface area contributed by atoms with Gasteiger partial charge in [0.05, 0.1) is 17.1 Å². The molecule has 3 heterocycles. The third kappa shape index (κ3) is 5.26. The van der Waals surface area contributed by atoms with Gasteiger partial charge in [0.2, 0.25) is 0 Å². The highest BCUT2D eigenvalue weighted by atomic mass is 32.2. The molecule has 0 saturated carbocycles. The summed E-state index contributed by atoms with van der Waals surface area (Å²) in [4.78, 5) is 16.5. The van der Waals surface area contributed by atoms with Gasteiger partial charge in [-0.05, 0) is 79.0 Å². The molecule has 1 atom stereocenters. The van der Waals surface area contributed by atoms with Crippen LogP contribution in [-0.4, -0.2) is 34.0 Å². The van der Waals surface area contributed by atoms with Crippen molar-refractivity contribution in [2.24, 2.45) is 0 Å². The van der Waals surface area contributed by atoms with Crippen molar-refractivity contribution in [1.82, 2.24) is 14.9 Å². The number of hydrogen-bond acceptors (Lipinski definition) is 5. The Morgan fingerprint density at radius 3 is 2.40 bits per heavy atom. The van der Waals surface area contributed by atoms with E-state index in [0.717, 1.165) is 38.2 Å². The van der Waals surface area contributed by atoms with E-state index in [9.17, 15) is 0 Å². The Bertz CT molecular complexity index is 1250. The minimum Gasteiger partial charge on any atom is -0.340 e. The van der Waals surface area contributed by atoms with Crippen LogP contribution in [0, 0.1) is 0 Å². The minimum absolute atomic E-state index is 0.503. The number of nitrogens with zero attached hydrogens (tertiary/aromatic N) is 4. The number of rotatable bonds is 9. The van der Waals surface area contributed by atoms with Crippen LogP contribution >= 0.6 is 11.8 Å². The molecule has 35 heavy (non-hydrogen) atoms. The number of fused-ring (bicyclic) bond motifs is 2. The second kappa shape index (κ2) is 11.1. The van der Waals surface area contributed by atoms with E-state index < -0.39 is 0 Å². The molecule has 4 nitrogen and oxygen atoms in total. The summed E-state index contributed by atoms with van der Waals surface area (Å²) in [5.41, 5.74) is 6.19. The summed E-state index contributed by atoms with van der Waals surface area (Å²) in [6.07, 6.45) is 7.84. The lowest BCUT2D eigenvalue weighted by atomic mass is 10.0. The lowest BCUT2D eigenvalue weighted by Crippen LogP contribution is -2.37. The molecule has 0 bridgehead atoms. The van der Waals surface area contributed by atoms with E-state index in [0.29, 0.717) is 6.04 Å². The fourth-order valence-corrected chi connectivity index (χ4v) is 6.06. The summed E-state index contributed by atoms with van der Waals surface area (Å²) in [5, 5.41) is 0. The number of benzene rings is 2. The zero-order chi connectivity index (χ0) is 24.0. The molecule has 5 rings (SSSR count). The van der Waals surface area contributed by atoms with E-state index in [1.807, 2.05) is 36.4 Å². The Balaban J connectivity index is 1.40. The number of para-hydroxylation sites is 1. The Labute approximate surface area is 213 Å². The van der Waals surface area contributed by atoms with Crippen LogP contribution in [0.3, 0.4) is 0 Å². The first-order valence-corrected chi connectivity index (χ1v) is 13.3. The largest absolute Gasteiger partial charge is 0.340 e. The molecule has 0 N–H and O–H groups in total. The van der Waals surface area contributed by atoms with Crippen LogP contribution in [0.1, 0.15) is 32.4 Å². The van der Waals surface area contributed by atoms with Gasteiger partial charge in [0.1, 0.15) is 0 Å². The third-order valence-electron chi connectivity index (χ3n) is 6.81. The van der Waals surface area contributed by atoms with Crippen molar-refractivity contribution in [3.63, 3.8) is 0 Å². The topological polar surface area (TPSA) is 32.3 Å². The molecule has 0 amide bonds. The van der Waals surface area contributed by atoms with Crippen LogP contribution in [-0.2, 0) is 6.54 Å². The molecule has 0 fully saturated rings. The van der Waals surface area contributed by atoms with Gasteiger partial charge in [0, 0.05) is 47.5 Å². The lowest BCUT2D eigenvalue weighted by molar-refractivity contribution is 0.182. The number of aromatic nitrogens is 2. The molecule has 0 aliphatic carbocycles. The van der Waals surface area contributed by atoms with Crippen LogP contribution in [0.15, 0.2) is 101 Å².